The van der Waals surface area contributed by atoms with Gasteiger partial charge in [0.2, 0.25) is 0 Å². The normalized spacial score (nSPS) is 12.2. The van der Waals surface area contributed by atoms with Crippen molar-refractivity contribution in [1.29, 1.82) is 0 Å². The maximum absolute atomic E-state index is 10.1. The van der Waals surface area contributed by atoms with E-state index >= 15 is 0 Å². The highest BCUT2D eigenvalue weighted by Gasteiger charge is 2.04. The smallest absolute Gasteiger partial charge is 0.180 e. The molecule has 0 aliphatic carbocycles. The SMILES string of the molecule is Nc1nc(CCNc2ccc(C=CNC[C@H](O)c3ccccc3)cc2)cs1. The van der Waals surface area contributed by atoms with Crippen molar-refractivity contribution >= 4 is 28.2 Å². The van der Waals surface area contributed by atoms with Gasteiger partial charge in [-0.05, 0) is 35.5 Å². The highest BCUT2D eigenvalue weighted by molar-refractivity contribution is 7.13. The van der Waals surface area contributed by atoms with Gasteiger partial charge in [-0.1, -0.05) is 42.5 Å². The molecule has 0 fully saturated rings. The molecule has 5 nitrogen and oxygen atoms in total. The number of nitrogens with one attached hydrogen (secondary N) is 2. The molecule has 0 aliphatic rings. The number of aromatic nitrogens is 1. The molecule has 0 amide bonds. The number of nitrogens with two attached hydrogens (primary N) is 1. The van der Waals surface area contributed by atoms with Gasteiger partial charge >= 0.3 is 0 Å². The molecule has 1 atom stereocenters. The first-order valence-electron chi connectivity index (χ1n) is 8.87. The van der Waals surface area contributed by atoms with Crippen LogP contribution in [-0.2, 0) is 6.42 Å². The third kappa shape index (κ3) is 6.13. The van der Waals surface area contributed by atoms with Crippen LogP contribution in [0.1, 0.15) is 22.9 Å². The van der Waals surface area contributed by atoms with E-state index in [1.807, 2.05) is 60.1 Å². The summed E-state index contributed by atoms with van der Waals surface area (Å²) in [5.74, 6) is 0. The molecule has 3 rings (SSSR count). The second-order valence-electron chi connectivity index (χ2n) is 6.14. The summed E-state index contributed by atoms with van der Waals surface area (Å²) < 4.78 is 0. The summed E-state index contributed by atoms with van der Waals surface area (Å²) in [5.41, 5.74) is 9.73. The third-order valence-corrected chi connectivity index (χ3v) is 4.80. The predicted molar refractivity (Wildman–Crippen MR) is 114 cm³/mol. The van der Waals surface area contributed by atoms with E-state index in [1.54, 1.807) is 0 Å². The minimum atomic E-state index is -0.518. The number of hydrogen-bond donors (Lipinski definition) is 4. The average molecular weight is 381 g/mol. The molecule has 1 heterocycles. The lowest BCUT2D eigenvalue weighted by Crippen LogP contribution is -2.15. The summed E-state index contributed by atoms with van der Waals surface area (Å²) in [6.45, 7) is 1.29. The topological polar surface area (TPSA) is 83.2 Å². The Kier molecular flexibility index (Phi) is 6.84. The summed E-state index contributed by atoms with van der Waals surface area (Å²) in [6, 6.07) is 17.8. The quantitative estimate of drug-likeness (QED) is 0.455. The molecule has 1 aromatic heterocycles. The Morgan fingerprint density at radius 2 is 1.89 bits per heavy atom. The summed E-state index contributed by atoms with van der Waals surface area (Å²) in [7, 11) is 0. The van der Waals surface area contributed by atoms with Crippen LogP contribution in [0.2, 0.25) is 0 Å². The Morgan fingerprint density at radius 1 is 1.11 bits per heavy atom. The van der Waals surface area contributed by atoms with Crippen LogP contribution in [0.5, 0.6) is 0 Å². The van der Waals surface area contributed by atoms with Gasteiger partial charge in [0.15, 0.2) is 5.13 Å². The zero-order valence-corrected chi connectivity index (χ0v) is 15.8. The predicted octanol–water partition coefficient (Wildman–Crippen LogP) is 3.67. The van der Waals surface area contributed by atoms with Gasteiger partial charge in [0.1, 0.15) is 0 Å². The summed E-state index contributed by atoms with van der Waals surface area (Å²) in [4.78, 5) is 4.25. The van der Waals surface area contributed by atoms with Gasteiger partial charge in [-0.15, -0.1) is 11.3 Å². The Morgan fingerprint density at radius 3 is 2.59 bits per heavy atom. The first kappa shape index (κ1) is 18.9. The van der Waals surface area contributed by atoms with E-state index in [9.17, 15) is 5.11 Å². The Labute approximate surface area is 163 Å². The number of thiazole rings is 1. The highest BCUT2D eigenvalue weighted by Crippen LogP contribution is 2.14. The van der Waals surface area contributed by atoms with Crippen LogP contribution >= 0.6 is 11.3 Å². The number of benzene rings is 2. The fourth-order valence-electron chi connectivity index (χ4n) is 2.61. The van der Waals surface area contributed by atoms with Crippen molar-refractivity contribution < 1.29 is 5.11 Å². The van der Waals surface area contributed by atoms with E-state index < -0.39 is 6.10 Å². The maximum Gasteiger partial charge on any atom is 0.180 e. The number of nitrogens with zero attached hydrogens (tertiary/aromatic N) is 1. The van der Waals surface area contributed by atoms with E-state index in [4.69, 9.17) is 5.73 Å². The van der Waals surface area contributed by atoms with Crippen molar-refractivity contribution in [1.82, 2.24) is 10.3 Å². The molecule has 0 radical (unpaired) electrons. The molecule has 0 saturated heterocycles. The second-order valence-corrected chi connectivity index (χ2v) is 7.03. The molecule has 0 bridgehead atoms. The average Bonchev–Trinajstić information content (AvgIpc) is 3.12. The number of hydrogen-bond acceptors (Lipinski definition) is 6. The van der Waals surface area contributed by atoms with Crippen LogP contribution in [0.3, 0.4) is 0 Å². The van der Waals surface area contributed by atoms with Gasteiger partial charge in [-0.2, -0.15) is 0 Å². The largest absolute Gasteiger partial charge is 0.388 e. The maximum atomic E-state index is 10.1. The van der Waals surface area contributed by atoms with Crippen LogP contribution in [-0.4, -0.2) is 23.2 Å². The molecular formula is C21H24N4OS. The van der Waals surface area contributed by atoms with Crippen LogP contribution in [0.25, 0.3) is 6.08 Å². The van der Waals surface area contributed by atoms with Gasteiger partial charge in [0.05, 0.1) is 11.8 Å². The number of nitrogen functional groups attached to an aromatic ring is 1. The summed E-state index contributed by atoms with van der Waals surface area (Å²) >= 11 is 1.47. The van der Waals surface area contributed by atoms with E-state index in [0.29, 0.717) is 11.7 Å². The molecule has 0 spiro atoms. The zero-order chi connectivity index (χ0) is 18.9. The molecule has 6 heteroatoms. The fraction of sp³-hybridized carbons (Fsp3) is 0.190. The van der Waals surface area contributed by atoms with E-state index in [2.05, 4.69) is 27.8 Å². The highest BCUT2D eigenvalue weighted by atomic mass is 32.1. The van der Waals surface area contributed by atoms with Gasteiger partial charge in [0.25, 0.3) is 0 Å². The van der Waals surface area contributed by atoms with Gasteiger partial charge < -0.3 is 21.5 Å². The molecule has 140 valence electrons. The van der Waals surface area contributed by atoms with Crippen molar-refractivity contribution in [3.8, 4) is 0 Å². The second kappa shape index (κ2) is 9.75. The molecular weight excluding hydrogens is 356 g/mol. The van der Waals surface area contributed by atoms with Gasteiger partial charge in [-0.25, -0.2) is 4.98 Å². The monoisotopic (exact) mass is 380 g/mol. The molecule has 0 saturated carbocycles. The van der Waals surface area contributed by atoms with Crippen LogP contribution in [0.15, 0.2) is 66.2 Å². The fourth-order valence-corrected chi connectivity index (χ4v) is 3.21. The van der Waals surface area contributed by atoms with Crippen LogP contribution < -0.4 is 16.4 Å². The molecule has 0 aliphatic heterocycles. The lowest BCUT2D eigenvalue weighted by atomic mass is 10.1. The first-order chi connectivity index (χ1) is 13.2. The van der Waals surface area contributed by atoms with Crippen molar-refractivity contribution in [2.24, 2.45) is 0 Å². The first-order valence-corrected chi connectivity index (χ1v) is 9.75. The molecule has 2 aromatic carbocycles. The molecule has 3 aromatic rings. The molecule has 0 unspecified atom stereocenters. The van der Waals surface area contributed by atoms with Crippen LogP contribution in [0.4, 0.5) is 10.8 Å². The van der Waals surface area contributed by atoms with Gasteiger partial charge in [-0.3, -0.25) is 0 Å². The van der Waals surface area contributed by atoms with E-state index in [0.717, 1.165) is 35.5 Å². The number of aliphatic hydroxyl groups is 1. The van der Waals surface area contributed by atoms with Crippen molar-refractivity contribution in [3.05, 3.63) is 83.0 Å². The Hall–Kier alpha value is -2.83. The molecule has 5 N–H and O–H groups in total. The standard InChI is InChI=1S/C21H24N4OS/c22-21-25-19(15-27-21)11-13-24-18-8-6-16(7-9-18)10-12-23-14-20(26)17-4-2-1-3-5-17/h1-10,12,15,20,23-24,26H,11,13-14H2,(H2,22,25)/t20-/m0/s1. The number of aliphatic hydroxyl groups excluding tert-OH is 1. The molecule has 27 heavy (non-hydrogen) atoms. The Balaban J connectivity index is 1.40. The van der Waals surface area contributed by atoms with Gasteiger partial charge in [0, 0.05) is 30.6 Å². The van der Waals surface area contributed by atoms with E-state index in [1.165, 1.54) is 11.3 Å². The van der Waals surface area contributed by atoms with Crippen molar-refractivity contribution in [2.75, 3.05) is 24.1 Å². The van der Waals surface area contributed by atoms with Crippen molar-refractivity contribution in [3.63, 3.8) is 0 Å². The summed E-state index contributed by atoms with van der Waals surface area (Å²) in [6.07, 6.45) is 4.18. The lowest BCUT2D eigenvalue weighted by molar-refractivity contribution is 0.179. The van der Waals surface area contributed by atoms with Crippen LogP contribution in [0, 0.1) is 0 Å². The van der Waals surface area contributed by atoms with E-state index in [-0.39, 0.29) is 0 Å². The number of anilines is 2. The minimum Gasteiger partial charge on any atom is -0.388 e. The lowest BCUT2D eigenvalue weighted by Gasteiger charge is -2.10. The minimum absolute atomic E-state index is 0.473. The Bertz CT molecular complexity index is 846. The third-order valence-electron chi connectivity index (χ3n) is 4.08. The van der Waals surface area contributed by atoms with Crippen molar-refractivity contribution in [2.45, 2.75) is 12.5 Å². The summed E-state index contributed by atoms with van der Waals surface area (Å²) in [5, 5.41) is 19.2. The number of rotatable bonds is 9. The zero-order valence-electron chi connectivity index (χ0n) is 15.0.